The topological polar surface area (TPSA) is 55.4 Å². The van der Waals surface area contributed by atoms with E-state index in [1.54, 1.807) is 0 Å². The number of amides is 1. The fourth-order valence-corrected chi connectivity index (χ4v) is 3.02. The largest absolute Gasteiger partial charge is 0.452 e. The van der Waals surface area contributed by atoms with Crippen LogP contribution in [0.15, 0.2) is 41.3 Å². The number of thioether (sulfide) groups is 1. The van der Waals surface area contributed by atoms with Crippen molar-refractivity contribution in [3.05, 3.63) is 59.2 Å². The molecule has 0 aliphatic heterocycles. The van der Waals surface area contributed by atoms with Crippen molar-refractivity contribution in [1.29, 1.82) is 0 Å². The van der Waals surface area contributed by atoms with E-state index in [1.807, 2.05) is 32.0 Å². The summed E-state index contributed by atoms with van der Waals surface area (Å²) in [6.45, 7) is 5.27. The predicted octanol–water partition coefficient (Wildman–Crippen LogP) is 4.24. The van der Waals surface area contributed by atoms with Crippen LogP contribution in [0.4, 0.5) is 14.5 Å². The molecular formula is C19H19F2NO3S. The highest BCUT2D eigenvalue weighted by atomic mass is 32.2. The number of esters is 1. The second kappa shape index (κ2) is 8.80. The second-order valence-corrected chi connectivity index (χ2v) is 6.79. The van der Waals surface area contributed by atoms with Crippen molar-refractivity contribution in [2.75, 3.05) is 11.1 Å². The summed E-state index contributed by atoms with van der Waals surface area (Å²) >= 11 is 1.30. The Bertz CT molecular complexity index is 806. The Morgan fingerprint density at radius 3 is 2.42 bits per heavy atom. The number of carbonyl (C=O) groups is 2. The number of nitrogens with one attached hydrogen (secondary N) is 1. The number of halogens is 2. The van der Waals surface area contributed by atoms with Crippen molar-refractivity contribution >= 4 is 29.3 Å². The SMILES string of the molecule is Cc1ccc(SCC(=O)O[C@H](C)C(=O)Nc2c(F)cccc2F)c(C)c1. The van der Waals surface area contributed by atoms with E-state index in [0.29, 0.717) is 0 Å². The average Bonchev–Trinajstić information content (AvgIpc) is 2.57. The molecule has 0 heterocycles. The van der Waals surface area contributed by atoms with Gasteiger partial charge in [0.25, 0.3) is 5.91 Å². The first-order valence-corrected chi connectivity index (χ1v) is 8.91. The molecule has 0 unspecified atom stereocenters. The molecule has 0 bridgehead atoms. The average molecular weight is 379 g/mol. The molecule has 0 aliphatic carbocycles. The van der Waals surface area contributed by atoms with Gasteiger partial charge in [-0.2, -0.15) is 0 Å². The Morgan fingerprint density at radius 1 is 1.15 bits per heavy atom. The molecular weight excluding hydrogens is 360 g/mol. The van der Waals surface area contributed by atoms with E-state index in [4.69, 9.17) is 4.74 Å². The molecule has 0 saturated carbocycles. The Morgan fingerprint density at radius 2 is 1.81 bits per heavy atom. The van der Waals surface area contributed by atoms with Crippen molar-refractivity contribution < 1.29 is 23.1 Å². The van der Waals surface area contributed by atoms with E-state index < -0.39 is 35.3 Å². The first-order valence-electron chi connectivity index (χ1n) is 7.92. The van der Waals surface area contributed by atoms with Crippen molar-refractivity contribution in [1.82, 2.24) is 0 Å². The molecule has 138 valence electrons. The molecule has 2 aromatic rings. The number of rotatable bonds is 6. The number of carbonyl (C=O) groups excluding carboxylic acids is 2. The summed E-state index contributed by atoms with van der Waals surface area (Å²) in [6, 6.07) is 9.10. The number of benzene rings is 2. The Labute approximate surface area is 154 Å². The first kappa shape index (κ1) is 19.9. The van der Waals surface area contributed by atoms with E-state index in [2.05, 4.69) is 5.32 Å². The fraction of sp³-hybridized carbons (Fsp3) is 0.263. The van der Waals surface area contributed by atoms with Crippen LogP contribution in [0.5, 0.6) is 0 Å². The molecule has 0 aliphatic rings. The highest BCUT2D eigenvalue weighted by molar-refractivity contribution is 8.00. The predicted molar refractivity (Wildman–Crippen MR) is 97.2 cm³/mol. The Hall–Kier alpha value is -2.41. The number of ether oxygens (including phenoxy) is 1. The Kier molecular flexibility index (Phi) is 6.74. The van der Waals surface area contributed by atoms with Gasteiger partial charge in [0.1, 0.15) is 17.3 Å². The van der Waals surface area contributed by atoms with Crippen molar-refractivity contribution in [3.63, 3.8) is 0 Å². The molecule has 0 radical (unpaired) electrons. The van der Waals surface area contributed by atoms with Crippen molar-refractivity contribution in [2.24, 2.45) is 0 Å². The zero-order valence-electron chi connectivity index (χ0n) is 14.6. The lowest BCUT2D eigenvalue weighted by Crippen LogP contribution is -2.31. The van der Waals surface area contributed by atoms with Gasteiger partial charge in [0.15, 0.2) is 6.10 Å². The summed E-state index contributed by atoms with van der Waals surface area (Å²) in [5.41, 5.74) is 1.61. The van der Waals surface area contributed by atoms with Gasteiger partial charge in [-0.15, -0.1) is 11.8 Å². The smallest absolute Gasteiger partial charge is 0.317 e. The lowest BCUT2D eigenvalue weighted by molar-refractivity contribution is -0.150. The van der Waals surface area contributed by atoms with Gasteiger partial charge in [0, 0.05) is 4.90 Å². The monoisotopic (exact) mass is 379 g/mol. The van der Waals surface area contributed by atoms with Crippen LogP contribution in [-0.2, 0) is 14.3 Å². The maximum Gasteiger partial charge on any atom is 0.317 e. The third kappa shape index (κ3) is 5.29. The van der Waals surface area contributed by atoms with Crippen molar-refractivity contribution in [2.45, 2.75) is 31.8 Å². The quantitative estimate of drug-likeness (QED) is 0.602. The van der Waals surface area contributed by atoms with Crippen LogP contribution in [0, 0.1) is 25.5 Å². The maximum atomic E-state index is 13.5. The van der Waals surface area contributed by atoms with Gasteiger partial charge in [-0.3, -0.25) is 9.59 Å². The van der Waals surface area contributed by atoms with Gasteiger partial charge in [-0.1, -0.05) is 23.8 Å². The lowest BCUT2D eigenvalue weighted by Gasteiger charge is -2.14. The highest BCUT2D eigenvalue weighted by Gasteiger charge is 2.21. The maximum absolute atomic E-state index is 13.5. The third-order valence-electron chi connectivity index (χ3n) is 3.56. The van der Waals surface area contributed by atoms with E-state index >= 15 is 0 Å². The van der Waals surface area contributed by atoms with Crippen LogP contribution in [0.1, 0.15) is 18.1 Å². The molecule has 2 rings (SSSR count). The summed E-state index contributed by atoms with van der Waals surface area (Å²) in [5, 5.41) is 2.10. The van der Waals surface area contributed by atoms with E-state index in [0.717, 1.165) is 28.2 Å². The van der Waals surface area contributed by atoms with E-state index in [9.17, 15) is 18.4 Å². The molecule has 1 amide bonds. The first-order chi connectivity index (χ1) is 12.3. The van der Waals surface area contributed by atoms with Gasteiger partial charge >= 0.3 is 5.97 Å². The van der Waals surface area contributed by atoms with E-state index in [1.165, 1.54) is 24.8 Å². The number of anilines is 1. The van der Waals surface area contributed by atoms with Crippen LogP contribution >= 0.6 is 11.8 Å². The zero-order valence-corrected chi connectivity index (χ0v) is 15.5. The Balaban J connectivity index is 1.89. The molecule has 1 N–H and O–H groups in total. The van der Waals surface area contributed by atoms with Crippen LogP contribution in [0.25, 0.3) is 0 Å². The number of aryl methyl sites for hydroxylation is 2. The molecule has 2 aromatic carbocycles. The molecule has 4 nitrogen and oxygen atoms in total. The molecule has 26 heavy (non-hydrogen) atoms. The van der Waals surface area contributed by atoms with Crippen molar-refractivity contribution in [3.8, 4) is 0 Å². The summed E-state index contributed by atoms with van der Waals surface area (Å²) in [4.78, 5) is 24.9. The van der Waals surface area contributed by atoms with Crippen LogP contribution < -0.4 is 5.32 Å². The second-order valence-electron chi connectivity index (χ2n) is 5.78. The summed E-state index contributed by atoms with van der Waals surface area (Å²) in [6.07, 6.45) is -1.18. The standard InChI is InChI=1S/C19H19F2NO3S/c1-11-7-8-16(12(2)9-11)26-10-17(23)25-13(3)19(24)22-18-14(20)5-4-6-15(18)21/h4-9,13H,10H2,1-3H3,(H,22,24)/t13-/m1/s1. The normalized spacial score (nSPS) is 11.7. The van der Waals surface area contributed by atoms with Gasteiger partial charge in [-0.25, -0.2) is 8.78 Å². The molecule has 1 atom stereocenters. The van der Waals surface area contributed by atoms with Gasteiger partial charge < -0.3 is 10.1 Å². The summed E-state index contributed by atoms with van der Waals surface area (Å²) in [5.74, 6) is -3.18. The molecule has 7 heteroatoms. The molecule has 0 spiro atoms. The minimum Gasteiger partial charge on any atom is -0.452 e. The van der Waals surface area contributed by atoms with Crippen LogP contribution in [0.3, 0.4) is 0 Å². The lowest BCUT2D eigenvalue weighted by atomic mass is 10.2. The van der Waals surface area contributed by atoms with E-state index in [-0.39, 0.29) is 5.75 Å². The zero-order chi connectivity index (χ0) is 19.3. The summed E-state index contributed by atoms with van der Waals surface area (Å²) in [7, 11) is 0. The molecule has 0 saturated heterocycles. The van der Waals surface area contributed by atoms with Gasteiger partial charge in [-0.05, 0) is 44.5 Å². The minimum atomic E-state index is -1.18. The number of hydrogen-bond donors (Lipinski definition) is 1. The molecule has 0 aromatic heterocycles. The van der Waals surface area contributed by atoms with Gasteiger partial charge in [0.05, 0.1) is 5.75 Å². The summed E-state index contributed by atoms with van der Waals surface area (Å²) < 4.78 is 32.1. The van der Waals surface area contributed by atoms with Crippen LogP contribution in [0.2, 0.25) is 0 Å². The fourth-order valence-electron chi connectivity index (χ4n) is 2.22. The third-order valence-corrected chi connectivity index (χ3v) is 4.71. The van der Waals surface area contributed by atoms with Crippen LogP contribution in [-0.4, -0.2) is 23.7 Å². The minimum absolute atomic E-state index is 0.0234. The van der Waals surface area contributed by atoms with Gasteiger partial charge in [0.2, 0.25) is 0 Å². The number of hydrogen-bond acceptors (Lipinski definition) is 4. The number of para-hydroxylation sites is 1. The molecule has 0 fully saturated rings. The highest BCUT2D eigenvalue weighted by Crippen LogP contribution is 2.23.